The number of Topliss-reactive ketones (excluding diaryl/α,β-unsaturated/α-hetero) is 1. The van der Waals surface area contributed by atoms with E-state index in [1.54, 1.807) is 6.92 Å². The first kappa shape index (κ1) is 25.5. The van der Waals surface area contributed by atoms with Crippen LogP contribution in [0.1, 0.15) is 31.9 Å². The van der Waals surface area contributed by atoms with Gasteiger partial charge in [-0.15, -0.1) is 0 Å². The minimum absolute atomic E-state index is 0. The molecule has 0 N–H and O–H groups in total. The third kappa shape index (κ3) is 11.2. The van der Waals surface area contributed by atoms with Gasteiger partial charge in [0, 0.05) is 60.2 Å². The van der Waals surface area contributed by atoms with Crippen LogP contribution in [0, 0.1) is 20.4 Å². The number of carbonyl (C=O) groups excluding carboxylic acids is 1. The zero-order valence-electron chi connectivity index (χ0n) is 10.8. The van der Waals surface area contributed by atoms with Crippen LogP contribution in [0.4, 0.5) is 0 Å². The summed E-state index contributed by atoms with van der Waals surface area (Å²) in [5, 5.41) is 0. The molecule has 1 aromatic carbocycles. The van der Waals surface area contributed by atoms with Crippen LogP contribution in [0.5, 0.6) is 0 Å². The van der Waals surface area contributed by atoms with E-state index in [-0.39, 0.29) is 67.0 Å². The summed E-state index contributed by atoms with van der Waals surface area (Å²) < 4.78 is 0. The van der Waals surface area contributed by atoms with Gasteiger partial charge in [-0.3, -0.25) is 4.79 Å². The normalized spacial score (nSPS) is 7.00. The number of aryl methyl sites for hydroxylation is 1. The molecule has 1 nitrogen and oxygen atoms in total. The van der Waals surface area contributed by atoms with Crippen molar-refractivity contribution < 1.29 is 58.6 Å². The minimum atomic E-state index is 0. The molecule has 16 heavy (non-hydrogen) atoms. The fourth-order valence-corrected chi connectivity index (χ4v) is 0.995. The topological polar surface area (TPSA) is 17.1 Å². The van der Waals surface area contributed by atoms with Crippen molar-refractivity contribution in [3.63, 3.8) is 0 Å². The molecule has 3 heteroatoms. The molecule has 0 aliphatic heterocycles. The molecule has 0 heterocycles. The van der Waals surface area contributed by atoms with Gasteiger partial charge < -0.3 is 7.43 Å². The third-order valence-corrected chi connectivity index (χ3v) is 1.60. The Balaban J connectivity index is -0.000000136. The molecule has 0 saturated carbocycles. The maximum Gasteiger partial charge on any atom is 0.132 e. The number of hydrogen-bond acceptors (Lipinski definition) is 1. The second-order valence-corrected chi connectivity index (χ2v) is 2.71. The van der Waals surface area contributed by atoms with Gasteiger partial charge in [-0.25, -0.2) is 0 Å². The van der Waals surface area contributed by atoms with Crippen LogP contribution in [-0.2, 0) is 65.0 Å². The molecular formula is C13H20OWY-2. The predicted molar refractivity (Wildman–Crippen MR) is 62.2 cm³/mol. The van der Waals surface area contributed by atoms with Crippen LogP contribution in [0.2, 0.25) is 0 Å². The first-order chi connectivity index (χ1) is 6.20. The molecule has 0 saturated heterocycles. The van der Waals surface area contributed by atoms with E-state index in [1.807, 2.05) is 39.0 Å². The number of hydrogen-bond donors (Lipinski definition) is 0. The maximum absolute atomic E-state index is 10.7. The third-order valence-electron chi connectivity index (χ3n) is 1.60. The summed E-state index contributed by atoms with van der Waals surface area (Å²) in [6.07, 6.45) is 0.507. The van der Waals surface area contributed by atoms with E-state index in [9.17, 15) is 4.79 Å². The molecule has 0 aliphatic carbocycles. The number of ketones is 1. The molecule has 0 amide bonds. The largest absolute Gasteiger partial charge is 0.358 e. The average Bonchev–Trinajstić information content (AvgIpc) is 2.12. The Hall–Kier alpha value is 0.682. The molecular weight excluding hydrogens is 445 g/mol. The van der Waals surface area contributed by atoms with Gasteiger partial charge in [0.1, 0.15) is 5.78 Å². The molecule has 1 aromatic rings. The molecule has 0 bridgehead atoms. The Morgan fingerprint density at radius 1 is 1.38 bits per heavy atom. The van der Waals surface area contributed by atoms with Crippen LogP contribution >= 0.6 is 0 Å². The van der Waals surface area contributed by atoms with Gasteiger partial charge in [-0.2, -0.15) is 35.4 Å². The number of rotatable bonds is 2. The Bertz CT molecular complexity index is 274. The predicted octanol–water partition coefficient (Wildman–Crippen LogP) is 3.40. The average molecular weight is 465 g/mol. The van der Waals surface area contributed by atoms with E-state index < -0.39 is 0 Å². The van der Waals surface area contributed by atoms with Crippen molar-refractivity contribution in [3.05, 3.63) is 42.8 Å². The van der Waals surface area contributed by atoms with E-state index in [1.165, 1.54) is 0 Å². The van der Waals surface area contributed by atoms with Crippen LogP contribution in [-0.4, -0.2) is 5.78 Å². The summed E-state index contributed by atoms with van der Waals surface area (Å²) in [5.41, 5.74) is 2.16. The van der Waals surface area contributed by atoms with Gasteiger partial charge in [0.05, 0.1) is 0 Å². The van der Waals surface area contributed by atoms with Crippen molar-refractivity contribution >= 4 is 5.78 Å². The summed E-state index contributed by atoms with van der Waals surface area (Å²) in [6, 6.07) is 8.81. The molecule has 0 fully saturated rings. The molecule has 1 rings (SSSR count). The molecule has 0 aromatic heterocycles. The number of benzene rings is 1. The summed E-state index contributed by atoms with van der Waals surface area (Å²) in [6.45, 7) is 7.59. The zero-order valence-corrected chi connectivity index (χ0v) is 16.6. The molecule has 0 spiro atoms. The van der Waals surface area contributed by atoms with Gasteiger partial charge in [0.15, 0.2) is 0 Å². The van der Waals surface area contributed by atoms with Gasteiger partial charge in [0.2, 0.25) is 0 Å². The molecule has 1 radical (unpaired) electrons. The fourth-order valence-electron chi connectivity index (χ4n) is 0.995. The first-order valence-electron chi connectivity index (χ1n) is 4.66. The molecule has 0 atom stereocenters. The Labute approximate surface area is 140 Å². The second-order valence-electron chi connectivity index (χ2n) is 2.71. The fraction of sp³-hybridized carbons (Fsp3) is 0.385. The van der Waals surface area contributed by atoms with Gasteiger partial charge >= 0.3 is 0 Å². The van der Waals surface area contributed by atoms with Crippen molar-refractivity contribution in [2.45, 2.75) is 34.1 Å². The summed E-state index contributed by atoms with van der Waals surface area (Å²) in [7, 11) is 0. The van der Waals surface area contributed by atoms with Gasteiger partial charge in [0.25, 0.3) is 0 Å². The maximum atomic E-state index is 10.7. The van der Waals surface area contributed by atoms with Crippen molar-refractivity contribution in [1.29, 1.82) is 0 Å². The van der Waals surface area contributed by atoms with Crippen molar-refractivity contribution in [3.8, 4) is 0 Å². The van der Waals surface area contributed by atoms with Crippen molar-refractivity contribution in [1.82, 2.24) is 0 Å². The quantitative estimate of drug-likeness (QED) is 0.613. The Morgan fingerprint density at radius 3 is 2.25 bits per heavy atom. The van der Waals surface area contributed by atoms with Gasteiger partial charge in [-0.05, 0) is 6.92 Å². The van der Waals surface area contributed by atoms with Crippen LogP contribution < -0.4 is 0 Å². The Kier molecular flexibility index (Phi) is 25.0. The molecule has 0 aliphatic rings. The standard InChI is InChI=1S/C10H11O.C2H6.CH3.W.Y/c1-8-5-3-4-6-10(8)7-9(2)11;1-2;;;/h3-5H,7H2,1-2H3;1-2H3;1H3;;/q-1;;-1;;. The van der Waals surface area contributed by atoms with E-state index in [0.29, 0.717) is 6.42 Å². The van der Waals surface area contributed by atoms with Crippen LogP contribution in [0.15, 0.2) is 18.2 Å². The first-order valence-corrected chi connectivity index (χ1v) is 4.66. The molecule has 89 valence electrons. The number of carbonyl (C=O) groups is 1. The Morgan fingerprint density at radius 2 is 1.88 bits per heavy atom. The summed E-state index contributed by atoms with van der Waals surface area (Å²) >= 11 is 0. The second kappa shape index (κ2) is 15.7. The molecule has 0 unspecified atom stereocenters. The van der Waals surface area contributed by atoms with Crippen LogP contribution in [0.25, 0.3) is 0 Å². The van der Waals surface area contributed by atoms with Crippen LogP contribution in [0.3, 0.4) is 0 Å². The van der Waals surface area contributed by atoms with E-state index in [0.717, 1.165) is 11.1 Å². The monoisotopic (exact) mass is 465 g/mol. The smallest absolute Gasteiger partial charge is 0.132 e. The van der Waals surface area contributed by atoms with E-state index in [4.69, 9.17) is 0 Å². The van der Waals surface area contributed by atoms with Crippen molar-refractivity contribution in [2.24, 2.45) is 0 Å². The summed E-state index contributed by atoms with van der Waals surface area (Å²) in [4.78, 5) is 10.7. The van der Waals surface area contributed by atoms with E-state index in [2.05, 4.69) is 6.07 Å². The van der Waals surface area contributed by atoms with E-state index >= 15 is 0 Å². The van der Waals surface area contributed by atoms with Crippen molar-refractivity contribution in [2.75, 3.05) is 0 Å². The minimum Gasteiger partial charge on any atom is -0.358 e. The SMILES string of the molecule is CC.CC(=O)Cc1[c-]cccc1C.[CH3-].[W].[Y]. The zero-order chi connectivity index (χ0) is 10.3. The van der Waals surface area contributed by atoms with Gasteiger partial charge in [-0.1, -0.05) is 20.8 Å². The summed E-state index contributed by atoms with van der Waals surface area (Å²) in [5.74, 6) is 0.190.